The van der Waals surface area contributed by atoms with Crippen LogP contribution >= 0.6 is 0 Å². The minimum Gasteiger partial charge on any atom is -0.508 e. The Bertz CT molecular complexity index is 1050. The maximum Gasteiger partial charge on any atom is 0.416 e. The maximum atomic E-state index is 13.2. The molecule has 164 valence electrons. The standard InChI is InChI=1S/C23H24F3N3O2/c1-31-19-7-8-21(30)17(11-19)14-29-9-3-5-16(13-29)22-20(12-27-28-22)15-4-2-6-18(10-15)23(24,25)26/h2,4,6-8,10-12,16,30H,3,5,9,13-14H2,1H3,(H,27,28)/t16-/m1/s1. The number of aromatic nitrogens is 2. The van der Waals surface area contributed by atoms with Gasteiger partial charge in [0.2, 0.25) is 0 Å². The van der Waals surface area contributed by atoms with Gasteiger partial charge in [-0.3, -0.25) is 10.00 Å². The molecule has 0 radical (unpaired) electrons. The molecule has 4 rings (SSSR count). The van der Waals surface area contributed by atoms with Crippen molar-refractivity contribution in [3.63, 3.8) is 0 Å². The van der Waals surface area contributed by atoms with Gasteiger partial charge >= 0.3 is 6.18 Å². The number of nitrogens with one attached hydrogen (secondary N) is 1. The molecule has 0 amide bonds. The van der Waals surface area contributed by atoms with Crippen molar-refractivity contribution < 1.29 is 23.0 Å². The lowest BCUT2D eigenvalue weighted by molar-refractivity contribution is -0.137. The molecule has 1 atom stereocenters. The predicted molar refractivity (Wildman–Crippen MR) is 111 cm³/mol. The van der Waals surface area contributed by atoms with Crippen molar-refractivity contribution in [2.45, 2.75) is 31.5 Å². The van der Waals surface area contributed by atoms with E-state index in [0.29, 0.717) is 30.0 Å². The number of hydrogen-bond acceptors (Lipinski definition) is 4. The van der Waals surface area contributed by atoms with Crippen molar-refractivity contribution >= 4 is 0 Å². The van der Waals surface area contributed by atoms with Crippen LogP contribution in [0, 0.1) is 0 Å². The van der Waals surface area contributed by atoms with Crippen molar-refractivity contribution in [3.8, 4) is 22.6 Å². The first kappa shape index (κ1) is 21.2. The number of halogens is 3. The highest BCUT2D eigenvalue weighted by Crippen LogP contribution is 2.37. The largest absolute Gasteiger partial charge is 0.508 e. The van der Waals surface area contributed by atoms with E-state index < -0.39 is 11.7 Å². The Balaban J connectivity index is 1.55. The molecule has 2 aromatic carbocycles. The molecular formula is C23H24F3N3O2. The smallest absolute Gasteiger partial charge is 0.416 e. The minimum atomic E-state index is -4.39. The van der Waals surface area contributed by atoms with Crippen LogP contribution in [0.3, 0.4) is 0 Å². The van der Waals surface area contributed by atoms with Crippen LogP contribution in [0.15, 0.2) is 48.7 Å². The van der Waals surface area contributed by atoms with E-state index in [4.69, 9.17) is 4.74 Å². The first-order valence-electron chi connectivity index (χ1n) is 10.1. The number of likely N-dealkylation sites (tertiary alicyclic amines) is 1. The number of ether oxygens (including phenoxy) is 1. The molecule has 2 N–H and O–H groups in total. The van der Waals surface area contributed by atoms with Gasteiger partial charge in [-0.25, -0.2) is 0 Å². The number of phenols is 1. The zero-order valence-corrected chi connectivity index (χ0v) is 17.1. The number of aromatic hydroxyl groups is 1. The number of nitrogens with zero attached hydrogens (tertiary/aromatic N) is 2. The summed E-state index contributed by atoms with van der Waals surface area (Å²) in [6.45, 7) is 2.15. The van der Waals surface area contributed by atoms with E-state index in [9.17, 15) is 18.3 Å². The van der Waals surface area contributed by atoms with Gasteiger partial charge in [0.05, 0.1) is 18.9 Å². The molecule has 31 heavy (non-hydrogen) atoms. The van der Waals surface area contributed by atoms with E-state index in [1.54, 1.807) is 31.5 Å². The fourth-order valence-electron chi connectivity index (χ4n) is 4.19. The SMILES string of the molecule is COc1ccc(O)c(CN2CCC[C@@H](c3[nH]ncc3-c3cccc(C(F)(F)F)c3)C2)c1. The lowest BCUT2D eigenvalue weighted by Crippen LogP contribution is -2.34. The molecule has 0 unspecified atom stereocenters. The van der Waals surface area contributed by atoms with Gasteiger partial charge in [0.25, 0.3) is 0 Å². The maximum absolute atomic E-state index is 13.2. The van der Waals surface area contributed by atoms with Crippen LogP contribution in [0.1, 0.15) is 35.6 Å². The molecule has 1 fully saturated rings. The molecule has 1 aliphatic rings. The van der Waals surface area contributed by atoms with E-state index in [1.165, 1.54) is 12.1 Å². The number of hydrogen-bond donors (Lipinski definition) is 2. The summed E-state index contributed by atoms with van der Waals surface area (Å²) < 4.78 is 44.7. The topological polar surface area (TPSA) is 61.4 Å². The number of benzene rings is 2. The fourth-order valence-corrected chi connectivity index (χ4v) is 4.19. The molecule has 1 aromatic heterocycles. The second-order valence-corrected chi connectivity index (χ2v) is 7.84. The summed E-state index contributed by atoms with van der Waals surface area (Å²) in [7, 11) is 1.58. The molecular weight excluding hydrogens is 407 g/mol. The molecule has 1 aliphatic heterocycles. The van der Waals surface area contributed by atoms with Crippen LogP contribution < -0.4 is 4.74 Å². The van der Waals surface area contributed by atoms with Crippen LogP contribution in [0.25, 0.3) is 11.1 Å². The summed E-state index contributed by atoms with van der Waals surface area (Å²) >= 11 is 0. The number of H-pyrrole nitrogens is 1. The summed E-state index contributed by atoms with van der Waals surface area (Å²) in [5, 5.41) is 17.4. The normalized spacial score (nSPS) is 17.6. The predicted octanol–water partition coefficient (Wildman–Crippen LogP) is 5.19. The van der Waals surface area contributed by atoms with Crippen molar-refractivity contribution in [1.82, 2.24) is 15.1 Å². The average Bonchev–Trinajstić information content (AvgIpc) is 3.25. The van der Waals surface area contributed by atoms with E-state index in [1.807, 2.05) is 6.07 Å². The Kier molecular flexibility index (Phi) is 5.91. The van der Waals surface area contributed by atoms with Gasteiger partial charge in [0.15, 0.2) is 0 Å². The number of phenolic OH excluding ortho intramolecular Hbond substituents is 1. The van der Waals surface area contributed by atoms with Gasteiger partial charge in [-0.05, 0) is 55.3 Å². The monoisotopic (exact) mass is 431 g/mol. The Morgan fingerprint density at radius 1 is 1.23 bits per heavy atom. The van der Waals surface area contributed by atoms with E-state index in [-0.39, 0.29) is 11.7 Å². The lowest BCUT2D eigenvalue weighted by Gasteiger charge is -2.33. The minimum absolute atomic E-state index is 0.105. The van der Waals surface area contributed by atoms with E-state index >= 15 is 0 Å². The summed E-state index contributed by atoms with van der Waals surface area (Å²) in [6.07, 6.45) is -0.941. The van der Waals surface area contributed by atoms with E-state index in [2.05, 4.69) is 15.1 Å². The highest BCUT2D eigenvalue weighted by Gasteiger charge is 2.31. The lowest BCUT2D eigenvalue weighted by atomic mass is 9.90. The van der Waals surface area contributed by atoms with Crippen LogP contribution in [-0.2, 0) is 12.7 Å². The second-order valence-electron chi connectivity index (χ2n) is 7.84. The zero-order valence-electron chi connectivity index (χ0n) is 17.1. The average molecular weight is 431 g/mol. The molecule has 1 saturated heterocycles. The van der Waals surface area contributed by atoms with Crippen LogP contribution in [0.2, 0.25) is 0 Å². The van der Waals surface area contributed by atoms with Gasteiger partial charge in [-0.1, -0.05) is 12.1 Å². The van der Waals surface area contributed by atoms with Gasteiger partial charge in [-0.15, -0.1) is 0 Å². The molecule has 5 nitrogen and oxygen atoms in total. The van der Waals surface area contributed by atoms with Gasteiger partial charge in [-0.2, -0.15) is 18.3 Å². The molecule has 8 heteroatoms. The van der Waals surface area contributed by atoms with Crippen molar-refractivity contribution in [3.05, 3.63) is 65.5 Å². The fraction of sp³-hybridized carbons (Fsp3) is 0.348. The Labute approximate surface area is 178 Å². The molecule has 0 aliphatic carbocycles. The first-order chi connectivity index (χ1) is 14.8. The van der Waals surface area contributed by atoms with E-state index in [0.717, 1.165) is 36.7 Å². The van der Waals surface area contributed by atoms with Crippen LogP contribution in [0.5, 0.6) is 11.5 Å². The van der Waals surface area contributed by atoms with Gasteiger partial charge < -0.3 is 9.84 Å². The third kappa shape index (κ3) is 4.69. The van der Waals surface area contributed by atoms with Crippen molar-refractivity contribution in [1.29, 1.82) is 0 Å². The Morgan fingerprint density at radius 3 is 2.84 bits per heavy atom. The quantitative estimate of drug-likeness (QED) is 0.584. The molecule has 0 bridgehead atoms. The molecule has 0 saturated carbocycles. The molecule has 3 aromatic rings. The second kappa shape index (κ2) is 8.63. The van der Waals surface area contributed by atoms with Crippen molar-refractivity contribution in [2.24, 2.45) is 0 Å². The summed E-state index contributed by atoms with van der Waals surface area (Å²) in [4.78, 5) is 2.24. The van der Waals surface area contributed by atoms with Crippen molar-refractivity contribution in [2.75, 3.05) is 20.2 Å². The van der Waals surface area contributed by atoms with Gasteiger partial charge in [0, 0.05) is 35.8 Å². The number of piperidine rings is 1. The number of methoxy groups -OCH3 is 1. The summed E-state index contributed by atoms with van der Waals surface area (Å²) in [5.74, 6) is 1.00. The highest BCUT2D eigenvalue weighted by molar-refractivity contribution is 5.66. The van der Waals surface area contributed by atoms with Gasteiger partial charge in [0.1, 0.15) is 11.5 Å². The third-order valence-corrected chi connectivity index (χ3v) is 5.76. The zero-order chi connectivity index (χ0) is 22.0. The Hall–Kier alpha value is -3.00. The molecule has 0 spiro atoms. The highest BCUT2D eigenvalue weighted by atomic mass is 19.4. The third-order valence-electron chi connectivity index (χ3n) is 5.76. The Morgan fingerprint density at radius 2 is 2.06 bits per heavy atom. The summed E-state index contributed by atoms with van der Waals surface area (Å²) in [6, 6.07) is 10.5. The number of aromatic amines is 1. The molecule has 2 heterocycles. The van der Waals surface area contributed by atoms with Crippen LogP contribution in [-0.4, -0.2) is 40.4 Å². The number of alkyl halides is 3. The first-order valence-corrected chi connectivity index (χ1v) is 10.1. The number of rotatable bonds is 5. The summed E-state index contributed by atoms with van der Waals surface area (Å²) in [5.41, 5.74) is 2.15. The van der Waals surface area contributed by atoms with Crippen LogP contribution in [0.4, 0.5) is 13.2 Å².